The minimum atomic E-state index is -0.283. The Kier molecular flexibility index (Phi) is 6.11. The summed E-state index contributed by atoms with van der Waals surface area (Å²) in [6, 6.07) is 19.6. The van der Waals surface area contributed by atoms with Crippen molar-refractivity contribution < 1.29 is 14.3 Å². The van der Waals surface area contributed by atoms with Crippen molar-refractivity contribution in [2.45, 2.75) is 6.92 Å². The first kappa shape index (κ1) is 19.6. The lowest BCUT2D eigenvalue weighted by molar-refractivity contribution is 0.101. The van der Waals surface area contributed by atoms with Crippen LogP contribution in [0.4, 0.5) is 11.4 Å². The van der Waals surface area contributed by atoms with Gasteiger partial charge in [0.15, 0.2) is 0 Å². The Hall–Kier alpha value is -3.12. The van der Waals surface area contributed by atoms with Crippen molar-refractivity contribution >= 4 is 39.1 Å². The van der Waals surface area contributed by atoms with E-state index in [1.807, 2.05) is 31.2 Å². The highest BCUT2D eigenvalue weighted by molar-refractivity contribution is 9.10. The molecule has 3 aromatic rings. The third-order valence-electron chi connectivity index (χ3n) is 4.20. The molecule has 0 atom stereocenters. The lowest BCUT2D eigenvalue weighted by atomic mass is 10.1. The summed E-state index contributed by atoms with van der Waals surface area (Å²) in [5.74, 6) is 0.0337. The van der Waals surface area contributed by atoms with Gasteiger partial charge in [-0.1, -0.05) is 34.1 Å². The highest BCUT2D eigenvalue weighted by atomic mass is 79.9. The summed E-state index contributed by atoms with van der Waals surface area (Å²) in [6.07, 6.45) is 0. The van der Waals surface area contributed by atoms with Gasteiger partial charge in [0.25, 0.3) is 11.8 Å². The van der Waals surface area contributed by atoms with Crippen molar-refractivity contribution in [2.24, 2.45) is 0 Å². The van der Waals surface area contributed by atoms with Gasteiger partial charge in [0.05, 0.1) is 12.7 Å². The van der Waals surface area contributed by atoms with E-state index >= 15 is 0 Å². The highest BCUT2D eigenvalue weighted by Crippen LogP contribution is 2.24. The number of halogens is 1. The molecular weight excluding hydrogens is 420 g/mol. The molecule has 3 aromatic carbocycles. The van der Waals surface area contributed by atoms with Gasteiger partial charge in [0.2, 0.25) is 0 Å². The minimum absolute atomic E-state index is 0.172. The number of carbonyl (C=O) groups is 2. The maximum Gasteiger partial charge on any atom is 0.259 e. The van der Waals surface area contributed by atoms with Crippen molar-refractivity contribution in [1.29, 1.82) is 0 Å². The molecule has 28 heavy (non-hydrogen) atoms. The van der Waals surface area contributed by atoms with E-state index in [0.717, 1.165) is 10.0 Å². The average molecular weight is 439 g/mol. The number of carbonyl (C=O) groups excluding carboxylic acids is 2. The molecular formula is C22H19BrN2O3. The molecule has 6 heteroatoms. The van der Waals surface area contributed by atoms with E-state index in [4.69, 9.17) is 4.74 Å². The van der Waals surface area contributed by atoms with Gasteiger partial charge >= 0.3 is 0 Å². The van der Waals surface area contributed by atoms with Crippen molar-refractivity contribution in [3.63, 3.8) is 0 Å². The minimum Gasteiger partial charge on any atom is -0.496 e. The Morgan fingerprint density at radius 1 is 0.821 bits per heavy atom. The number of amides is 2. The van der Waals surface area contributed by atoms with Crippen LogP contribution in [0.1, 0.15) is 26.3 Å². The number of hydrogen-bond donors (Lipinski definition) is 2. The summed E-state index contributed by atoms with van der Waals surface area (Å²) in [7, 11) is 1.52. The van der Waals surface area contributed by atoms with E-state index in [1.165, 1.54) is 7.11 Å². The van der Waals surface area contributed by atoms with E-state index in [9.17, 15) is 9.59 Å². The SMILES string of the molecule is COc1ccc(Br)cc1C(=O)Nc1ccc(NC(=O)c2ccccc2C)cc1. The molecule has 0 aliphatic heterocycles. The zero-order chi connectivity index (χ0) is 20.1. The van der Waals surface area contributed by atoms with Crippen LogP contribution in [0.5, 0.6) is 5.75 Å². The van der Waals surface area contributed by atoms with Gasteiger partial charge in [-0.15, -0.1) is 0 Å². The van der Waals surface area contributed by atoms with E-state index in [0.29, 0.717) is 28.3 Å². The van der Waals surface area contributed by atoms with Gasteiger partial charge in [0.1, 0.15) is 5.75 Å². The summed E-state index contributed by atoms with van der Waals surface area (Å²) < 4.78 is 6.03. The fourth-order valence-electron chi connectivity index (χ4n) is 2.72. The molecule has 5 nitrogen and oxygen atoms in total. The molecule has 0 aliphatic carbocycles. The second kappa shape index (κ2) is 8.71. The first-order valence-corrected chi connectivity index (χ1v) is 9.39. The first-order chi connectivity index (χ1) is 13.5. The molecule has 0 saturated carbocycles. The van der Waals surface area contributed by atoms with E-state index in [2.05, 4.69) is 26.6 Å². The molecule has 0 fully saturated rings. The largest absolute Gasteiger partial charge is 0.496 e. The Morgan fingerprint density at radius 3 is 1.96 bits per heavy atom. The first-order valence-electron chi connectivity index (χ1n) is 8.60. The number of ether oxygens (including phenoxy) is 1. The number of anilines is 2. The molecule has 0 saturated heterocycles. The Morgan fingerprint density at radius 2 is 1.39 bits per heavy atom. The maximum absolute atomic E-state index is 12.5. The fourth-order valence-corrected chi connectivity index (χ4v) is 3.08. The number of hydrogen-bond acceptors (Lipinski definition) is 3. The predicted octanol–water partition coefficient (Wildman–Crippen LogP) is 5.27. The summed E-state index contributed by atoms with van der Waals surface area (Å²) in [5, 5.41) is 5.69. The zero-order valence-electron chi connectivity index (χ0n) is 15.5. The fraction of sp³-hybridized carbons (Fsp3) is 0.0909. The van der Waals surface area contributed by atoms with Crippen molar-refractivity contribution in [3.8, 4) is 5.75 Å². The third-order valence-corrected chi connectivity index (χ3v) is 4.69. The molecule has 2 amide bonds. The second-order valence-electron chi connectivity index (χ2n) is 6.15. The summed E-state index contributed by atoms with van der Waals surface area (Å²) in [6.45, 7) is 1.89. The van der Waals surface area contributed by atoms with E-state index in [1.54, 1.807) is 42.5 Å². The molecule has 0 radical (unpaired) electrons. The number of rotatable bonds is 5. The van der Waals surface area contributed by atoms with Crippen LogP contribution < -0.4 is 15.4 Å². The van der Waals surface area contributed by atoms with Crippen molar-refractivity contribution in [1.82, 2.24) is 0 Å². The highest BCUT2D eigenvalue weighted by Gasteiger charge is 2.13. The van der Waals surface area contributed by atoms with Crippen LogP contribution in [0.25, 0.3) is 0 Å². The van der Waals surface area contributed by atoms with Gasteiger partial charge in [-0.2, -0.15) is 0 Å². The molecule has 0 unspecified atom stereocenters. The normalized spacial score (nSPS) is 10.2. The summed E-state index contributed by atoms with van der Waals surface area (Å²) in [4.78, 5) is 24.9. The number of methoxy groups -OCH3 is 1. The molecule has 142 valence electrons. The van der Waals surface area contributed by atoms with Crippen LogP contribution in [0.2, 0.25) is 0 Å². The zero-order valence-corrected chi connectivity index (χ0v) is 17.0. The van der Waals surface area contributed by atoms with Crippen LogP contribution in [-0.2, 0) is 0 Å². The Labute approximate surface area is 171 Å². The van der Waals surface area contributed by atoms with Crippen molar-refractivity contribution in [3.05, 3.63) is 87.9 Å². The van der Waals surface area contributed by atoms with Gasteiger partial charge in [0, 0.05) is 21.4 Å². The second-order valence-corrected chi connectivity index (χ2v) is 7.06. The topological polar surface area (TPSA) is 67.4 Å². The molecule has 3 rings (SSSR count). The number of nitrogens with one attached hydrogen (secondary N) is 2. The molecule has 0 aromatic heterocycles. The van der Waals surface area contributed by atoms with E-state index < -0.39 is 0 Å². The van der Waals surface area contributed by atoms with Gasteiger partial charge in [-0.3, -0.25) is 9.59 Å². The van der Waals surface area contributed by atoms with Gasteiger partial charge in [-0.05, 0) is 61.0 Å². The Bertz CT molecular complexity index is 1020. The van der Waals surface area contributed by atoms with Crippen LogP contribution in [0, 0.1) is 6.92 Å². The standard InChI is InChI=1S/C22H19BrN2O3/c1-14-5-3-4-6-18(14)21(26)24-16-8-10-17(11-9-16)25-22(27)19-13-15(23)7-12-20(19)28-2/h3-13H,1-2H3,(H,24,26)(H,25,27). The maximum atomic E-state index is 12.5. The lowest BCUT2D eigenvalue weighted by Crippen LogP contribution is -2.14. The van der Waals surface area contributed by atoms with Gasteiger partial charge in [-0.25, -0.2) is 0 Å². The number of aryl methyl sites for hydroxylation is 1. The predicted molar refractivity (Wildman–Crippen MR) is 114 cm³/mol. The molecule has 0 aliphatic rings. The molecule has 0 heterocycles. The quantitative estimate of drug-likeness (QED) is 0.569. The molecule has 0 bridgehead atoms. The summed E-state index contributed by atoms with van der Waals surface area (Å²) >= 11 is 3.36. The monoisotopic (exact) mass is 438 g/mol. The smallest absolute Gasteiger partial charge is 0.259 e. The average Bonchev–Trinajstić information content (AvgIpc) is 2.69. The van der Waals surface area contributed by atoms with Crippen LogP contribution in [-0.4, -0.2) is 18.9 Å². The van der Waals surface area contributed by atoms with Gasteiger partial charge < -0.3 is 15.4 Å². The van der Waals surface area contributed by atoms with Crippen LogP contribution >= 0.6 is 15.9 Å². The Balaban J connectivity index is 1.70. The van der Waals surface area contributed by atoms with Crippen molar-refractivity contribution in [2.75, 3.05) is 17.7 Å². The molecule has 2 N–H and O–H groups in total. The number of benzene rings is 3. The molecule has 0 spiro atoms. The summed E-state index contributed by atoms with van der Waals surface area (Å²) in [5.41, 5.74) is 3.22. The lowest BCUT2D eigenvalue weighted by Gasteiger charge is -2.11. The third kappa shape index (κ3) is 4.58. The van der Waals surface area contributed by atoms with Crippen LogP contribution in [0.3, 0.4) is 0 Å². The van der Waals surface area contributed by atoms with Crippen LogP contribution in [0.15, 0.2) is 71.2 Å². The van der Waals surface area contributed by atoms with E-state index in [-0.39, 0.29) is 11.8 Å².